The Morgan fingerprint density at radius 3 is 2.48 bits per heavy atom. The molecule has 118 valence electrons. The largest absolute Gasteiger partial charge is 0.496 e. The normalized spacial score (nSPS) is 19.0. The van der Waals surface area contributed by atoms with E-state index in [9.17, 15) is 4.39 Å². The molecule has 0 amide bonds. The number of methoxy groups -OCH3 is 1. The fourth-order valence-electron chi connectivity index (χ4n) is 4.23. The molecule has 1 atom stereocenters. The quantitative estimate of drug-likeness (QED) is 0.820. The van der Waals surface area contributed by atoms with Gasteiger partial charge in [-0.25, -0.2) is 4.39 Å². The van der Waals surface area contributed by atoms with Crippen LogP contribution < -0.4 is 10.1 Å². The molecule has 1 unspecified atom stereocenters. The Hall–Kier alpha value is -1.09. The van der Waals surface area contributed by atoms with Crippen LogP contribution in [0.5, 0.6) is 5.75 Å². The van der Waals surface area contributed by atoms with Crippen molar-refractivity contribution in [3.05, 3.63) is 29.6 Å². The van der Waals surface area contributed by atoms with Crippen molar-refractivity contribution in [2.75, 3.05) is 14.2 Å². The highest BCUT2D eigenvalue weighted by Gasteiger charge is 2.42. The van der Waals surface area contributed by atoms with Crippen molar-refractivity contribution in [3.8, 4) is 5.75 Å². The zero-order valence-electron chi connectivity index (χ0n) is 13.7. The molecule has 1 saturated carbocycles. The lowest BCUT2D eigenvalue weighted by atomic mass is 9.70. The summed E-state index contributed by atoms with van der Waals surface area (Å²) in [6, 6.07) is 5.00. The lowest BCUT2D eigenvalue weighted by Crippen LogP contribution is -2.36. The Labute approximate surface area is 128 Å². The number of rotatable bonds is 6. The van der Waals surface area contributed by atoms with E-state index in [4.69, 9.17) is 4.74 Å². The summed E-state index contributed by atoms with van der Waals surface area (Å²) in [6.45, 7) is 4.55. The molecule has 3 heteroatoms. The van der Waals surface area contributed by atoms with Gasteiger partial charge in [-0.15, -0.1) is 0 Å². The van der Waals surface area contributed by atoms with E-state index >= 15 is 0 Å². The summed E-state index contributed by atoms with van der Waals surface area (Å²) in [6.07, 6.45) is 6.11. The molecular weight excluding hydrogens is 265 g/mol. The molecule has 1 aliphatic carbocycles. The van der Waals surface area contributed by atoms with Crippen LogP contribution in [0.2, 0.25) is 0 Å². The van der Waals surface area contributed by atoms with Gasteiger partial charge in [0.25, 0.3) is 0 Å². The van der Waals surface area contributed by atoms with Gasteiger partial charge in [0.2, 0.25) is 0 Å². The molecule has 0 aliphatic heterocycles. The zero-order chi connectivity index (χ0) is 15.5. The van der Waals surface area contributed by atoms with Crippen molar-refractivity contribution in [1.29, 1.82) is 0 Å². The Bertz CT molecular complexity index is 466. The maximum absolute atomic E-state index is 13.8. The predicted molar refractivity (Wildman–Crippen MR) is 85.1 cm³/mol. The fraction of sp³-hybridized carbons (Fsp3) is 0.667. The number of halogens is 1. The maximum Gasteiger partial charge on any atom is 0.123 e. The monoisotopic (exact) mass is 293 g/mol. The summed E-state index contributed by atoms with van der Waals surface area (Å²) in [5.41, 5.74) is 1.17. The molecule has 0 radical (unpaired) electrons. The number of benzene rings is 1. The summed E-state index contributed by atoms with van der Waals surface area (Å²) in [5.74, 6) is 1.23. The van der Waals surface area contributed by atoms with E-state index in [1.807, 2.05) is 7.05 Å². The maximum atomic E-state index is 13.8. The van der Waals surface area contributed by atoms with Crippen LogP contribution in [0.4, 0.5) is 4.39 Å². The number of hydrogen-bond acceptors (Lipinski definition) is 2. The molecule has 1 aliphatic rings. The third-order valence-electron chi connectivity index (χ3n) is 4.82. The average Bonchev–Trinajstić information content (AvgIpc) is 2.88. The highest BCUT2D eigenvalue weighted by atomic mass is 19.1. The topological polar surface area (TPSA) is 21.3 Å². The van der Waals surface area contributed by atoms with Gasteiger partial charge in [-0.1, -0.05) is 26.7 Å². The van der Waals surface area contributed by atoms with Gasteiger partial charge >= 0.3 is 0 Å². The number of nitrogens with one attached hydrogen (secondary N) is 1. The van der Waals surface area contributed by atoms with Crippen molar-refractivity contribution < 1.29 is 9.13 Å². The van der Waals surface area contributed by atoms with Crippen molar-refractivity contribution in [3.63, 3.8) is 0 Å². The molecule has 21 heavy (non-hydrogen) atoms. The molecule has 0 aromatic heterocycles. The molecule has 0 bridgehead atoms. The second kappa shape index (κ2) is 6.78. The van der Waals surface area contributed by atoms with Crippen molar-refractivity contribution >= 4 is 0 Å². The van der Waals surface area contributed by atoms with Gasteiger partial charge in [-0.2, -0.15) is 0 Å². The van der Waals surface area contributed by atoms with E-state index in [-0.39, 0.29) is 17.3 Å². The van der Waals surface area contributed by atoms with Crippen molar-refractivity contribution in [2.45, 2.75) is 52.0 Å². The molecule has 2 nitrogen and oxygen atoms in total. The van der Waals surface area contributed by atoms with Gasteiger partial charge in [0.1, 0.15) is 11.6 Å². The summed E-state index contributed by atoms with van der Waals surface area (Å²) in [4.78, 5) is 0. The summed E-state index contributed by atoms with van der Waals surface area (Å²) < 4.78 is 19.3. The van der Waals surface area contributed by atoms with E-state index in [1.165, 1.54) is 31.7 Å². The molecule has 2 rings (SSSR count). The standard InChI is InChI=1S/C18H28FNO/c1-13(2)12-18(9-5-6-10-18)17(20-3)15-11-14(19)7-8-16(15)21-4/h7-8,11,13,17,20H,5-6,9-10,12H2,1-4H3. The highest BCUT2D eigenvalue weighted by molar-refractivity contribution is 5.38. The van der Waals surface area contributed by atoms with E-state index in [0.29, 0.717) is 5.92 Å². The van der Waals surface area contributed by atoms with Crippen molar-refractivity contribution in [2.24, 2.45) is 11.3 Å². The third-order valence-corrected chi connectivity index (χ3v) is 4.82. The van der Waals surface area contributed by atoms with Gasteiger partial charge in [0.05, 0.1) is 7.11 Å². The SMILES string of the molecule is CNC(c1cc(F)ccc1OC)C1(CC(C)C)CCCC1. The number of hydrogen-bond donors (Lipinski definition) is 1. The van der Waals surface area contributed by atoms with Crippen LogP contribution >= 0.6 is 0 Å². The zero-order valence-corrected chi connectivity index (χ0v) is 13.7. The lowest BCUT2D eigenvalue weighted by molar-refractivity contribution is 0.159. The molecule has 0 spiro atoms. The molecule has 0 heterocycles. The minimum Gasteiger partial charge on any atom is -0.496 e. The molecule has 1 aromatic rings. The van der Waals surface area contributed by atoms with E-state index in [0.717, 1.165) is 17.7 Å². The second-order valence-corrected chi connectivity index (χ2v) is 6.78. The average molecular weight is 293 g/mol. The molecule has 1 aromatic carbocycles. The Kier molecular flexibility index (Phi) is 5.26. The Morgan fingerprint density at radius 1 is 1.29 bits per heavy atom. The van der Waals surface area contributed by atoms with E-state index in [1.54, 1.807) is 19.2 Å². The predicted octanol–water partition coefficient (Wildman–Crippen LogP) is 4.70. The smallest absolute Gasteiger partial charge is 0.123 e. The van der Waals surface area contributed by atoms with E-state index < -0.39 is 0 Å². The summed E-state index contributed by atoms with van der Waals surface area (Å²) in [5, 5.41) is 3.46. The lowest BCUT2D eigenvalue weighted by Gasteiger charge is -2.40. The van der Waals surface area contributed by atoms with Crippen LogP contribution in [0, 0.1) is 17.2 Å². The fourth-order valence-corrected chi connectivity index (χ4v) is 4.23. The molecular formula is C18H28FNO. The van der Waals surface area contributed by atoms with Crippen LogP contribution in [0.25, 0.3) is 0 Å². The first-order valence-electron chi connectivity index (χ1n) is 8.03. The van der Waals surface area contributed by atoms with Crippen LogP contribution in [-0.4, -0.2) is 14.2 Å². The van der Waals surface area contributed by atoms with Gasteiger partial charge in [0.15, 0.2) is 0 Å². The minimum atomic E-state index is -0.191. The Morgan fingerprint density at radius 2 is 1.95 bits per heavy atom. The third kappa shape index (κ3) is 3.39. The highest BCUT2D eigenvalue weighted by Crippen LogP contribution is 2.52. The van der Waals surface area contributed by atoms with Gasteiger partial charge in [0, 0.05) is 11.6 Å². The molecule has 1 N–H and O–H groups in total. The van der Waals surface area contributed by atoms with Crippen LogP contribution in [0.1, 0.15) is 57.6 Å². The summed E-state index contributed by atoms with van der Waals surface area (Å²) >= 11 is 0. The second-order valence-electron chi connectivity index (χ2n) is 6.78. The van der Waals surface area contributed by atoms with Gasteiger partial charge < -0.3 is 10.1 Å². The van der Waals surface area contributed by atoms with Gasteiger partial charge in [-0.05, 0) is 55.8 Å². The van der Waals surface area contributed by atoms with Crippen LogP contribution in [0.3, 0.4) is 0 Å². The van der Waals surface area contributed by atoms with Crippen LogP contribution in [-0.2, 0) is 0 Å². The minimum absolute atomic E-state index is 0.146. The first kappa shape index (κ1) is 16.3. The van der Waals surface area contributed by atoms with E-state index in [2.05, 4.69) is 19.2 Å². The van der Waals surface area contributed by atoms with Crippen molar-refractivity contribution in [1.82, 2.24) is 5.32 Å². The summed E-state index contributed by atoms with van der Waals surface area (Å²) in [7, 11) is 3.64. The van der Waals surface area contributed by atoms with Crippen LogP contribution in [0.15, 0.2) is 18.2 Å². The first-order chi connectivity index (χ1) is 10.0. The first-order valence-corrected chi connectivity index (χ1v) is 8.03. The Balaban J connectivity index is 2.43. The molecule has 1 fully saturated rings. The van der Waals surface area contributed by atoms with Gasteiger partial charge in [-0.3, -0.25) is 0 Å². The number of ether oxygens (including phenoxy) is 1. The molecule has 0 saturated heterocycles.